The summed E-state index contributed by atoms with van der Waals surface area (Å²) in [7, 11) is 1.32. The van der Waals surface area contributed by atoms with E-state index in [0.29, 0.717) is 12.4 Å². The number of amides is 1. The van der Waals surface area contributed by atoms with Crippen molar-refractivity contribution in [2.75, 3.05) is 32.2 Å². The van der Waals surface area contributed by atoms with E-state index in [2.05, 4.69) is 5.32 Å². The summed E-state index contributed by atoms with van der Waals surface area (Å²) in [6.45, 7) is 2.03. The molecule has 0 atom stereocenters. The number of nitro groups is 1. The van der Waals surface area contributed by atoms with Crippen LogP contribution in [0.5, 0.6) is 17.2 Å². The molecule has 0 unspecified atom stereocenters. The first kappa shape index (κ1) is 22.5. The van der Waals surface area contributed by atoms with Gasteiger partial charge in [-0.05, 0) is 37.3 Å². The van der Waals surface area contributed by atoms with Crippen molar-refractivity contribution in [1.29, 1.82) is 0 Å². The summed E-state index contributed by atoms with van der Waals surface area (Å²) < 4.78 is 20.7. The number of carbonyl (C=O) groups is 2. The first-order valence-electron chi connectivity index (χ1n) is 9.06. The standard InChI is InChI=1S/C20H22N2O8/c1-3-28-15-5-7-16(8-6-15)29-11-10-20(24)30-13-19(23)21-17-9-4-14(22(25)26)12-18(17)27-2/h4-9,12H,3,10-11,13H2,1-2H3,(H,21,23). The van der Waals surface area contributed by atoms with Gasteiger partial charge in [0.05, 0.1) is 43.4 Å². The Bertz CT molecular complexity index is 883. The lowest BCUT2D eigenvalue weighted by Crippen LogP contribution is -2.22. The van der Waals surface area contributed by atoms with Crippen LogP contribution in [0.25, 0.3) is 0 Å². The van der Waals surface area contributed by atoms with E-state index in [9.17, 15) is 19.7 Å². The summed E-state index contributed by atoms with van der Waals surface area (Å²) in [6.07, 6.45) is -0.0403. The van der Waals surface area contributed by atoms with Crippen molar-refractivity contribution >= 4 is 23.3 Å². The molecule has 1 N–H and O–H groups in total. The lowest BCUT2D eigenvalue weighted by atomic mass is 10.2. The van der Waals surface area contributed by atoms with Crippen molar-refractivity contribution in [2.45, 2.75) is 13.3 Å². The predicted octanol–water partition coefficient (Wildman–Crippen LogP) is 2.95. The molecule has 160 valence electrons. The van der Waals surface area contributed by atoms with Gasteiger partial charge in [-0.1, -0.05) is 0 Å². The van der Waals surface area contributed by atoms with Crippen LogP contribution in [-0.4, -0.2) is 43.7 Å². The first-order chi connectivity index (χ1) is 14.4. The third-order valence-electron chi connectivity index (χ3n) is 3.74. The summed E-state index contributed by atoms with van der Waals surface area (Å²) in [5, 5.41) is 13.3. The van der Waals surface area contributed by atoms with E-state index in [1.165, 1.54) is 25.3 Å². The summed E-state index contributed by atoms with van der Waals surface area (Å²) in [4.78, 5) is 33.9. The third-order valence-corrected chi connectivity index (χ3v) is 3.74. The molecule has 0 heterocycles. The van der Waals surface area contributed by atoms with E-state index in [1.807, 2.05) is 6.92 Å². The topological polar surface area (TPSA) is 126 Å². The Balaban J connectivity index is 1.74. The summed E-state index contributed by atoms with van der Waals surface area (Å²) in [5.41, 5.74) is 0.0480. The van der Waals surface area contributed by atoms with Crippen LogP contribution in [0.2, 0.25) is 0 Å². The van der Waals surface area contributed by atoms with Crippen LogP contribution in [0.4, 0.5) is 11.4 Å². The minimum absolute atomic E-state index is 0.0403. The molecule has 1 amide bonds. The number of hydrogen-bond donors (Lipinski definition) is 1. The maximum Gasteiger partial charge on any atom is 0.309 e. The van der Waals surface area contributed by atoms with E-state index >= 15 is 0 Å². The SMILES string of the molecule is CCOc1ccc(OCCC(=O)OCC(=O)Nc2ccc([N+](=O)[O-])cc2OC)cc1. The van der Waals surface area contributed by atoms with Crippen molar-refractivity contribution < 1.29 is 33.5 Å². The Hall–Kier alpha value is -3.82. The Morgan fingerprint density at radius 3 is 2.33 bits per heavy atom. The van der Waals surface area contributed by atoms with Gasteiger partial charge in [-0.2, -0.15) is 0 Å². The number of esters is 1. The van der Waals surface area contributed by atoms with Crippen molar-refractivity contribution in [3.63, 3.8) is 0 Å². The van der Waals surface area contributed by atoms with E-state index in [1.54, 1.807) is 24.3 Å². The highest BCUT2D eigenvalue weighted by Gasteiger charge is 2.14. The van der Waals surface area contributed by atoms with Crippen molar-refractivity contribution in [1.82, 2.24) is 0 Å². The predicted molar refractivity (Wildman–Crippen MR) is 107 cm³/mol. The normalized spacial score (nSPS) is 10.1. The highest BCUT2D eigenvalue weighted by molar-refractivity contribution is 5.94. The average molecular weight is 418 g/mol. The molecule has 10 heteroatoms. The van der Waals surface area contributed by atoms with Crippen LogP contribution in [0.3, 0.4) is 0 Å². The molecular formula is C20H22N2O8. The maximum absolute atomic E-state index is 12.0. The van der Waals surface area contributed by atoms with Crippen molar-refractivity contribution in [2.24, 2.45) is 0 Å². The van der Waals surface area contributed by atoms with Gasteiger partial charge in [0.15, 0.2) is 6.61 Å². The van der Waals surface area contributed by atoms with E-state index in [0.717, 1.165) is 5.75 Å². The Kier molecular flexibility index (Phi) is 8.42. The maximum atomic E-state index is 12.0. The highest BCUT2D eigenvalue weighted by atomic mass is 16.6. The molecule has 0 radical (unpaired) electrons. The summed E-state index contributed by atoms with van der Waals surface area (Å²) in [6, 6.07) is 10.7. The Labute approximate surface area is 172 Å². The molecule has 30 heavy (non-hydrogen) atoms. The van der Waals surface area contributed by atoms with Gasteiger partial charge >= 0.3 is 5.97 Å². The number of rotatable bonds is 11. The minimum Gasteiger partial charge on any atom is -0.494 e. The number of carbonyl (C=O) groups excluding carboxylic acids is 2. The van der Waals surface area contributed by atoms with Crippen LogP contribution in [0.15, 0.2) is 42.5 Å². The molecule has 0 spiro atoms. The van der Waals surface area contributed by atoms with E-state index in [-0.39, 0.29) is 30.2 Å². The molecule has 0 aliphatic heterocycles. The van der Waals surface area contributed by atoms with E-state index < -0.39 is 23.4 Å². The van der Waals surface area contributed by atoms with Crippen molar-refractivity contribution in [3.8, 4) is 17.2 Å². The smallest absolute Gasteiger partial charge is 0.309 e. The quantitative estimate of drug-likeness (QED) is 0.335. The first-order valence-corrected chi connectivity index (χ1v) is 9.06. The summed E-state index contributed by atoms with van der Waals surface area (Å²) >= 11 is 0. The number of ether oxygens (including phenoxy) is 4. The molecule has 2 aromatic carbocycles. The second kappa shape index (κ2) is 11.2. The lowest BCUT2D eigenvalue weighted by molar-refractivity contribution is -0.384. The molecule has 0 saturated heterocycles. The zero-order valence-corrected chi connectivity index (χ0v) is 16.6. The highest BCUT2D eigenvalue weighted by Crippen LogP contribution is 2.28. The Morgan fingerprint density at radius 2 is 1.73 bits per heavy atom. The molecule has 0 aromatic heterocycles. The third kappa shape index (κ3) is 6.97. The fraction of sp³-hybridized carbons (Fsp3) is 0.300. The Morgan fingerprint density at radius 1 is 1.07 bits per heavy atom. The van der Waals surface area contributed by atoms with Crippen LogP contribution in [0, 0.1) is 10.1 Å². The van der Waals surface area contributed by atoms with Gasteiger partial charge in [0.1, 0.15) is 17.2 Å². The lowest BCUT2D eigenvalue weighted by Gasteiger charge is -2.10. The molecule has 0 bridgehead atoms. The van der Waals surface area contributed by atoms with Crippen LogP contribution >= 0.6 is 0 Å². The largest absolute Gasteiger partial charge is 0.494 e. The monoisotopic (exact) mass is 418 g/mol. The molecule has 0 fully saturated rings. The second-order valence-corrected chi connectivity index (χ2v) is 5.85. The van der Waals surface area contributed by atoms with Gasteiger partial charge in [0, 0.05) is 6.07 Å². The molecule has 10 nitrogen and oxygen atoms in total. The molecule has 2 rings (SSSR count). The molecule has 2 aromatic rings. The van der Waals surface area contributed by atoms with Gasteiger partial charge in [-0.15, -0.1) is 0 Å². The number of nitro benzene ring substituents is 1. The average Bonchev–Trinajstić information content (AvgIpc) is 2.74. The second-order valence-electron chi connectivity index (χ2n) is 5.85. The number of anilines is 1. The number of nitrogens with zero attached hydrogens (tertiary/aromatic N) is 1. The van der Waals surface area contributed by atoms with Crippen molar-refractivity contribution in [3.05, 3.63) is 52.6 Å². The zero-order valence-electron chi connectivity index (χ0n) is 16.6. The number of hydrogen-bond acceptors (Lipinski definition) is 8. The van der Waals surface area contributed by atoms with Crippen LogP contribution < -0.4 is 19.5 Å². The fourth-order valence-electron chi connectivity index (χ4n) is 2.35. The molecule has 0 aliphatic rings. The van der Waals surface area contributed by atoms with Gasteiger partial charge in [-0.25, -0.2) is 0 Å². The van der Waals surface area contributed by atoms with Crippen LogP contribution in [-0.2, 0) is 14.3 Å². The van der Waals surface area contributed by atoms with Gasteiger partial charge in [0.25, 0.3) is 11.6 Å². The minimum atomic E-state index is -0.608. The van der Waals surface area contributed by atoms with Crippen LogP contribution in [0.1, 0.15) is 13.3 Å². The number of methoxy groups -OCH3 is 1. The molecular weight excluding hydrogens is 396 g/mol. The molecule has 0 saturated carbocycles. The summed E-state index contributed by atoms with van der Waals surface area (Å²) in [5.74, 6) is 0.205. The van der Waals surface area contributed by atoms with Gasteiger partial charge < -0.3 is 24.3 Å². The van der Waals surface area contributed by atoms with E-state index in [4.69, 9.17) is 18.9 Å². The fourth-order valence-corrected chi connectivity index (χ4v) is 2.35. The van der Waals surface area contributed by atoms with Gasteiger partial charge in [0.2, 0.25) is 0 Å². The number of nitrogens with one attached hydrogen (secondary N) is 1. The van der Waals surface area contributed by atoms with Gasteiger partial charge in [-0.3, -0.25) is 19.7 Å². The zero-order chi connectivity index (χ0) is 21.9. The number of benzene rings is 2. The number of non-ortho nitro benzene ring substituents is 1. The molecule has 0 aliphatic carbocycles.